The maximum Gasteiger partial charge on any atom is 0.341 e. The van der Waals surface area contributed by atoms with Gasteiger partial charge in [0.25, 0.3) is 5.91 Å². The quantitative estimate of drug-likeness (QED) is 0.214. The third-order valence-corrected chi connectivity index (χ3v) is 3.32. The first-order valence-corrected chi connectivity index (χ1v) is 8.49. The van der Waals surface area contributed by atoms with E-state index in [1.165, 1.54) is 0 Å². The van der Waals surface area contributed by atoms with Gasteiger partial charge in [-0.05, 0) is 0 Å². The zero-order valence-corrected chi connectivity index (χ0v) is 15.4. The molecule has 0 spiro atoms. The second-order valence-electron chi connectivity index (χ2n) is 5.54. The first kappa shape index (κ1) is 24.0. The van der Waals surface area contributed by atoms with Gasteiger partial charge >= 0.3 is 12.1 Å². The molecule has 1 fully saturated rings. The maximum absolute atomic E-state index is 11.9. The van der Waals surface area contributed by atoms with Crippen molar-refractivity contribution in [1.29, 1.82) is 0 Å². The van der Waals surface area contributed by atoms with E-state index in [0.29, 0.717) is 0 Å². The average molecular weight is 420 g/mol. The lowest BCUT2D eigenvalue weighted by molar-refractivity contribution is -0.133. The molecule has 0 bridgehead atoms. The van der Waals surface area contributed by atoms with Crippen LogP contribution in [0.2, 0.25) is 0 Å². The molecule has 0 aromatic carbocycles. The summed E-state index contributed by atoms with van der Waals surface area (Å²) < 4.78 is 10.2. The van der Waals surface area contributed by atoms with Gasteiger partial charge in [0.05, 0.1) is 33.0 Å². The first-order chi connectivity index (χ1) is 13.9. The molecule has 1 aliphatic heterocycles. The van der Waals surface area contributed by atoms with Crippen molar-refractivity contribution >= 4 is 29.8 Å². The predicted molar refractivity (Wildman–Crippen MR) is 92.9 cm³/mol. The number of ether oxygens (including phenoxy) is 2. The third-order valence-electron chi connectivity index (χ3n) is 3.32. The van der Waals surface area contributed by atoms with Crippen molar-refractivity contribution in [3.8, 4) is 0 Å². The number of imide groups is 1. The van der Waals surface area contributed by atoms with E-state index in [1.807, 2.05) is 10.9 Å². The normalized spacial score (nSPS) is 24.1. The highest BCUT2D eigenvalue weighted by atomic mass is 16.5. The molecular formula is C14H24N6O9. The average Bonchev–Trinajstić information content (AvgIpc) is 2.69. The summed E-state index contributed by atoms with van der Waals surface area (Å²) in [6.07, 6.45) is 0. The number of aliphatic hydroxyl groups is 2. The van der Waals surface area contributed by atoms with Gasteiger partial charge in [-0.1, -0.05) is 0 Å². The molecule has 1 heterocycles. The Kier molecular flexibility index (Phi) is 10.9. The largest absolute Gasteiger partial charge is 0.394 e. The van der Waals surface area contributed by atoms with Gasteiger partial charge in [-0.3, -0.25) is 25.1 Å². The Morgan fingerprint density at radius 2 is 1.45 bits per heavy atom. The smallest absolute Gasteiger partial charge is 0.341 e. The van der Waals surface area contributed by atoms with Crippen LogP contribution in [0.4, 0.5) is 9.59 Å². The monoisotopic (exact) mass is 420 g/mol. The van der Waals surface area contributed by atoms with E-state index in [0.717, 1.165) is 0 Å². The summed E-state index contributed by atoms with van der Waals surface area (Å²) in [6, 6.07) is -5.02. The number of amides is 7. The van der Waals surface area contributed by atoms with Gasteiger partial charge in [0.2, 0.25) is 11.8 Å². The minimum absolute atomic E-state index is 0.0500. The molecule has 0 aromatic rings. The number of hydrogen-bond acceptors (Lipinski definition) is 9. The van der Waals surface area contributed by atoms with Crippen LogP contribution >= 0.6 is 0 Å². The van der Waals surface area contributed by atoms with Crippen molar-refractivity contribution in [2.75, 3.05) is 46.2 Å². The number of hydrogen-bond donors (Lipinski definition) is 8. The molecule has 0 aromatic heterocycles. The van der Waals surface area contributed by atoms with Gasteiger partial charge in [-0.25, -0.2) is 15.0 Å². The van der Waals surface area contributed by atoms with Crippen LogP contribution in [-0.4, -0.2) is 98.3 Å². The molecule has 15 heteroatoms. The Balaban J connectivity index is 2.71. The lowest BCUT2D eigenvalue weighted by Crippen LogP contribution is -2.58. The summed E-state index contributed by atoms with van der Waals surface area (Å²) in [7, 11) is 0. The lowest BCUT2D eigenvalue weighted by atomic mass is 10.3. The molecule has 1 saturated heterocycles. The van der Waals surface area contributed by atoms with Gasteiger partial charge in [-0.2, -0.15) is 0 Å². The molecule has 15 nitrogen and oxygen atoms in total. The van der Waals surface area contributed by atoms with E-state index in [4.69, 9.17) is 9.47 Å². The summed E-state index contributed by atoms with van der Waals surface area (Å²) >= 11 is 0. The van der Waals surface area contributed by atoms with E-state index >= 15 is 0 Å². The molecule has 0 radical (unpaired) electrons. The van der Waals surface area contributed by atoms with Gasteiger partial charge in [0, 0.05) is 6.54 Å². The fraction of sp³-hybridized carbons (Fsp3) is 0.643. The van der Waals surface area contributed by atoms with Crippen LogP contribution < -0.4 is 32.1 Å². The molecule has 1 aliphatic rings. The number of aliphatic hydroxyl groups excluding tert-OH is 2. The molecule has 8 N–H and O–H groups in total. The van der Waals surface area contributed by atoms with Crippen molar-refractivity contribution in [3.63, 3.8) is 0 Å². The Labute approximate surface area is 164 Å². The summed E-state index contributed by atoms with van der Waals surface area (Å²) in [6.45, 7) is -1.57. The second kappa shape index (κ2) is 13.2. The maximum atomic E-state index is 11.9. The summed E-state index contributed by atoms with van der Waals surface area (Å²) in [5.41, 5.74) is 3.71. The van der Waals surface area contributed by atoms with Gasteiger partial charge in [0.15, 0.2) is 0 Å². The molecule has 2 atom stereocenters. The Morgan fingerprint density at radius 1 is 0.793 bits per heavy atom. The van der Waals surface area contributed by atoms with Crippen molar-refractivity contribution in [2.45, 2.75) is 12.1 Å². The number of hydrazine groups is 1. The van der Waals surface area contributed by atoms with Crippen LogP contribution in [0, 0.1) is 0 Å². The fourth-order valence-corrected chi connectivity index (χ4v) is 1.91. The van der Waals surface area contributed by atoms with Gasteiger partial charge < -0.3 is 35.6 Å². The topological polar surface area (TPSA) is 216 Å². The highest BCUT2D eigenvalue weighted by molar-refractivity contribution is 5.97. The predicted octanol–water partition coefficient (Wildman–Crippen LogP) is -4.97. The molecule has 0 unspecified atom stereocenters. The number of rotatable bonds is 2. The van der Waals surface area contributed by atoms with Crippen molar-refractivity contribution in [3.05, 3.63) is 0 Å². The number of urea groups is 2. The van der Waals surface area contributed by atoms with Crippen LogP contribution in [0.1, 0.15) is 0 Å². The number of nitrogens with one attached hydrogen (secondary N) is 6. The van der Waals surface area contributed by atoms with E-state index in [1.54, 1.807) is 5.32 Å². The molecule has 7 amide bonds. The highest BCUT2D eigenvalue weighted by Gasteiger charge is 2.22. The van der Waals surface area contributed by atoms with E-state index in [-0.39, 0.29) is 26.4 Å². The van der Waals surface area contributed by atoms with Crippen LogP contribution in [0.15, 0.2) is 0 Å². The summed E-state index contributed by atoms with van der Waals surface area (Å²) in [5.74, 6) is -2.38. The molecule has 164 valence electrons. The zero-order valence-electron chi connectivity index (χ0n) is 15.4. The Bertz CT molecular complexity index is 602. The van der Waals surface area contributed by atoms with Crippen LogP contribution in [0.3, 0.4) is 0 Å². The Hall–Kier alpha value is -3.01. The van der Waals surface area contributed by atoms with Gasteiger partial charge in [0.1, 0.15) is 18.7 Å². The summed E-state index contributed by atoms with van der Waals surface area (Å²) in [4.78, 5) is 58.7. The van der Waals surface area contributed by atoms with E-state index < -0.39 is 61.7 Å². The van der Waals surface area contributed by atoms with Crippen LogP contribution in [-0.2, 0) is 23.9 Å². The molecule has 0 aliphatic carbocycles. The molecular weight excluding hydrogens is 396 g/mol. The molecule has 29 heavy (non-hydrogen) atoms. The minimum atomic E-state index is -1.38. The highest BCUT2D eigenvalue weighted by Crippen LogP contribution is 1.87. The zero-order chi connectivity index (χ0) is 21.6. The lowest BCUT2D eigenvalue weighted by Gasteiger charge is -2.18. The summed E-state index contributed by atoms with van der Waals surface area (Å²) in [5, 5.41) is 26.8. The third kappa shape index (κ3) is 9.65. The Morgan fingerprint density at radius 3 is 2.14 bits per heavy atom. The van der Waals surface area contributed by atoms with Crippen molar-refractivity contribution in [1.82, 2.24) is 32.1 Å². The molecule has 1 rings (SSSR count). The minimum Gasteiger partial charge on any atom is -0.394 e. The number of carbonyl (C=O) groups excluding carboxylic acids is 5. The number of carbonyl (C=O) groups is 5. The van der Waals surface area contributed by atoms with Crippen LogP contribution in [0.25, 0.3) is 0 Å². The van der Waals surface area contributed by atoms with Crippen LogP contribution in [0.5, 0.6) is 0 Å². The SMILES string of the molecule is O=C1COCCOCCNC(=O)[C@H](CO)NC(=O)NC(=O)NNC(=O)[C@H](CO)N1. The van der Waals surface area contributed by atoms with Crippen molar-refractivity contribution < 1.29 is 43.7 Å². The van der Waals surface area contributed by atoms with E-state index in [2.05, 4.69) is 16.0 Å². The standard InChI is InChI=1S/C14H24N6O9/c21-5-8-11(24)15-1-2-28-3-4-29-7-10(23)16-9(6-22)12(25)19-20-14(27)18-13(26)17-8/h8-9,21-22H,1-7H2,(H,15,24)(H,16,23)(H,19,25)(H3,17,18,20,26,27)/t8-,9-/m0/s1. The van der Waals surface area contributed by atoms with E-state index in [9.17, 15) is 34.2 Å². The van der Waals surface area contributed by atoms with Gasteiger partial charge in [-0.15, -0.1) is 0 Å². The fourth-order valence-electron chi connectivity index (χ4n) is 1.91. The molecule has 0 saturated carbocycles. The van der Waals surface area contributed by atoms with Crippen molar-refractivity contribution in [2.24, 2.45) is 0 Å². The second-order valence-corrected chi connectivity index (χ2v) is 5.54. The first-order valence-electron chi connectivity index (χ1n) is 8.49.